The maximum atomic E-state index is 11.3. The summed E-state index contributed by atoms with van der Waals surface area (Å²) in [6.07, 6.45) is 1.03. The van der Waals surface area contributed by atoms with Gasteiger partial charge in [0.1, 0.15) is 10.8 Å². The molecule has 6 heteroatoms. The molecular weight excluding hydrogens is 194 g/mol. The van der Waals surface area contributed by atoms with Gasteiger partial charge in [-0.1, -0.05) is 11.6 Å². The fourth-order valence-electron chi connectivity index (χ4n) is 1.37. The van der Waals surface area contributed by atoms with Crippen LogP contribution in [0.5, 0.6) is 0 Å². The smallest absolute Gasteiger partial charge is 0.229 e. The minimum Gasteiger partial charge on any atom is -0.391 e. The van der Waals surface area contributed by atoms with Crippen molar-refractivity contribution in [2.75, 3.05) is 11.4 Å². The predicted molar refractivity (Wildman–Crippen MR) is 46.6 cm³/mol. The SMILES string of the molecule is O=C1CC(O)CN1c1cn[nH]c1Cl. The van der Waals surface area contributed by atoms with Gasteiger partial charge in [-0.15, -0.1) is 0 Å². The number of hydrogen-bond acceptors (Lipinski definition) is 3. The number of nitrogens with one attached hydrogen (secondary N) is 1. The summed E-state index contributed by atoms with van der Waals surface area (Å²) in [5, 5.41) is 15.8. The maximum absolute atomic E-state index is 11.3. The van der Waals surface area contributed by atoms with Crippen molar-refractivity contribution >= 4 is 23.2 Å². The number of rotatable bonds is 1. The molecule has 1 aliphatic heterocycles. The Hall–Kier alpha value is -1.07. The highest BCUT2D eigenvalue weighted by Crippen LogP contribution is 2.26. The second-order valence-electron chi connectivity index (χ2n) is 2.93. The summed E-state index contributed by atoms with van der Waals surface area (Å²) in [5.74, 6) is -0.129. The largest absolute Gasteiger partial charge is 0.391 e. The van der Waals surface area contributed by atoms with E-state index in [9.17, 15) is 9.90 Å². The maximum Gasteiger partial charge on any atom is 0.229 e. The van der Waals surface area contributed by atoms with Crippen LogP contribution in [0.25, 0.3) is 0 Å². The molecule has 2 heterocycles. The minimum absolute atomic E-state index is 0.129. The van der Waals surface area contributed by atoms with Gasteiger partial charge in [-0.25, -0.2) is 0 Å². The van der Waals surface area contributed by atoms with E-state index in [1.165, 1.54) is 11.1 Å². The Morgan fingerprint density at radius 1 is 1.77 bits per heavy atom. The average Bonchev–Trinajstić information content (AvgIpc) is 2.58. The van der Waals surface area contributed by atoms with Gasteiger partial charge >= 0.3 is 0 Å². The van der Waals surface area contributed by atoms with Crippen LogP contribution in [-0.4, -0.2) is 33.9 Å². The van der Waals surface area contributed by atoms with Crippen molar-refractivity contribution in [3.63, 3.8) is 0 Å². The van der Waals surface area contributed by atoms with Crippen LogP contribution >= 0.6 is 11.6 Å². The first-order chi connectivity index (χ1) is 6.18. The number of halogens is 1. The van der Waals surface area contributed by atoms with Gasteiger partial charge in [-0.3, -0.25) is 9.89 Å². The van der Waals surface area contributed by atoms with Crippen LogP contribution in [0.15, 0.2) is 6.20 Å². The molecule has 1 fully saturated rings. The van der Waals surface area contributed by atoms with E-state index in [0.717, 1.165) is 0 Å². The molecule has 1 saturated heterocycles. The van der Waals surface area contributed by atoms with E-state index < -0.39 is 6.10 Å². The first-order valence-electron chi connectivity index (χ1n) is 3.86. The fourth-order valence-corrected chi connectivity index (χ4v) is 1.57. The van der Waals surface area contributed by atoms with Crippen molar-refractivity contribution in [3.8, 4) is 0 Å². The topological polar surface area (TPSA) is 69.2 Å². The van der Waals surface area contributed by atoms with Crippen LogP contribution in [-0.2, 0) is 4.79 Å². The number of aromatic nitrogens is 2. The lowest BCUT2D eigenvalue weighted by Gasteiger charge is -2.12. The third kappa shape index (κ3) is 1.40. The van der Waals surface area contributed by atoms with Crippen LogP contribution in [0.4, 0.5) is 5.69 Å². The van der Waals surface area contributed by atoms with Gasteiger partial charge in [0, 0.05) is 0 Å². The second-order valence-corrected chi connectivity index (χ2v) is 3.31. The molecule has 70 valence electrons. The third-order valence-corrected chi connectivity index (χ3v) is 2.25. The lowest BCUT2D eigenvalue weighted by molar-refractivity contribution is -0.117. The number of aliphatic hydroxyl groups is 1. The summed E-state index contributed by atoms with van der Waals surface area (Å²) >= 11 is 5.74. The van der Waals surface area contributed by atoms with E-state index in [4.69, 9.17) is 11.6 Å². The molecule has 0 radical (unpaired) electrons. The van der Waals surface area contributed by atoms with E-state index in [0.29, 0.717) is 10.8 Å². The number of aromatic amines is 1. The zero-order valence-electron chi connectivity index (χ0n) is 6.70. The van der Waals surface area contributed by atoms with Crippen LogP contribution in [0, 0.1) is 0 Å². The molecule has 0 spiro atoms. The number of β-amino-alcohol motifs (C(OH)–C–C–N with tert-alkyl or cyclic N) is 1. The standard InChI is InChI=1S/C7H8ClN3O2/c8-7-5(2-9-10-7)11-3-4(12)1-6(11)13/h2,4,12H,1,3H2,(H,9,10). The van der Waals surface area contributed by atoms with E-state index in [-0.39, 0.29) is 18.9 Å². The lowest BCUT2D eigenvalue weighted by Crippen LogP contribution is -2.24. The number of carbonyl (C=O) groups excluding carboxylic acids is 1. The van der Waals surface area contributed by atoms with Crippen molar-refractivity contribution in [2.24, 2.45) is 0 Å². The number of hydrogen-bond donors (Lipinski definition) is 2. The highest BCUT2D eigenvalue weighted by Gasteiger charge is 2.30. The van der Waals surface area contributed by atoms with Crippen molar-refractivity contribution in [3.05, 3.63) is 11.3 Å². The molecule has 0 saturated carbocycles. The molecule has 1 aliphatic rings. The molecule has 0 aromatic carbocycles. The van der Waals surface area contributed by atoms with Gasteiger partial charge in [0.15, 0.2) is 0 Å². The monoisotopic (exact) mass is 201 g/mol. The molecule has 0 bridgehead atoms. The minimum atomic E-state index is -0.599. The van der Waals surface area contributed by atoms with Gasteiger partial charge in [0.25, 0.3) is 0 Å². The summed E-state index contributed by atoms with van der Waals surface area (Å²) < 4.78 is 0. The Balaban J connectivity index is 2.27. The van der Waals surface area contributed by atoms with Crippen molar-refractivity contribution in [2.45, 2.75) is 12.5 Å². The third-order valence-electron chi connectivity index (χ3n) is 1.97. The Labute approximate surface area is 79.3 Å². The van der Waals surface area contributed by atoms with Crippen LogP contribution < -0.4 is 4.90 Å². The summed E-state index contributed by atoms with van der Waals surface area (Å²) in [5.41, 5.74) is 0.531. The number of amides is 1. The number of anilines is 1. The Morgan fingerprint density at radius 3 is 3.00 bits per heavy atom. The van der Waals surface area contributed by atoms with Crippen LogP contribution in [0.2, 0.25) is 5.15 Å². The van der Waals surface area contributed by atoms with Gasteiger partial charge in [-0.05, 0) is 0 Å². The highest BCUT2D eigenvalue weighted by molar-refractivity contribution is 6.32. The molecule has 1 amide bonds. The molecule has 1 unspecified atom stereocenters. The van der Waals surface area contributed by atoms with E-state index in [1.807, 2.05) is 0 Å². The average molecular weight is 202 g/mol. The highest BCUT2D eigenvalue weighted by atomic mass is 35.5. The first-order valence-corrected chi connectivity index (χ1v) is 4.23. The van der Waals surface area contributed by atoms with Crippen molar-refractivity contribution in [1.82, 2.24) is 10.2 Å². The number of aliphatic hydroxyl groups excluding tert-OH is 1. The summed E-state index contributed by atoms with van der Waals surface area (Å²) in [6.45, 7) is 0.290. The zero-order chi connectivity index (χ0) is 9.42. The zero-order valence-corrected chi connectivity index (χ0v) is 7.45. The van der Waals surface area contributed by atoms with Gasteiger partial charge in [0.05, 0.1) is 25.3 Å². The molecule has 1 aromatic heterocycles. The van der Waals surface area contributed by atoms with Crippen LogP contribution in [0.1, 0.15) is 6.42 Å². The molecule has 0 aliphatic carbocycles. The molecule has 2 N–H and O–H groups in total. The molecule has 1 aromatic rings. The lowest BCUT2D eigenvalue weighted by atomic mass is 10.3. The van der Waals surface area contributed by atoms with Crippen molar-refractivity contribution < 1.29 is 9.90 Å². The van der Waals surface area contributed by atoms with Gasteiger partial charge < -0.3 is 10.0 Å². The normalized spacial score (nSPS) is 22.8. The fraction of sp³-hybridized carbons (Fsp3) is 0.429. The number of carbonyl (C=O) groups is 1. The summed E-state index contributed by atoms with van der Waals surface area (Å²) in [4.78, 5) is 12.7. The van der Waals surface area contributed by atoms with E-state index in [2.05, 4.69) is 10.2 Å². The first kappa shape index (κ1) is 8.52. The Bertz CT molecular complexity index is 338. The summed E-state index contributed by atoms with van der Waals surface area (Å²) in [6, 6.07) is 0. The van der Waals surface area contributed by atoms with Gasteiger partial charge in [-0.2, -0.15) is 5.10 Å². The molecular formula is C7H8ClN3O2. The Kier molecular flexibility index (Phi) is 1.97. The molecule has 2 rings (SSSR count). The number of H-pyrrole nitrogens is 1. The molecule has 1 atom stereocenters. The summed E-state index contributed by atoms with van der Waals surface area (Å²) in [7, 11) is 0. The van der Waals surface area contributed by atoms with E-state index in [1.54, 1.807) is 0 Å². The molecule has 13 heavy (non-hydrogen) atoms. The molecule has 5 nitrogen and oxygen atoms in total. The Morgan fingerprint density at radius 2 is 2.54 bits per heavy atom. The van der Waals surface area contributed by atoms with E-state index >= 15 is 0 Å². The number of nitrogens with zero attached hydrogens (tertiary/aromatic N) is 2. The predicted octanol–water partition coefficient (Wildman–Crippen LogP) is 0.161. The second kappa shape index (κ2) is 3.01. The van der Waals surface area contributed by atoms with Crippen molar-refractivity contribution in [1.29, 1.82) is 0 Å². The van der Waals surface area contributed by atoms with Gasteiger partial charge in [0.2, 0.25) is 5.91 Å². The quantitative estimate of drug-likeness (QED) is 0.680. The van der Waals surface area contributed by atoms with Crippen LogP contribution in [0.3, 0.4) is 0 Å².